The van der Waals surface area contributed by atoms with Gasteiger partial charge in [0.1, 0.15) is 24.5 Å². The van der Waals surface area contributed by atoms with Crippen LogP contribution in [0.15, 0.2) is 104 Å². The quantitative estimate of drug-likeness (QED) is 0.400. The van der Waals surface area contributed by atoms with Gasteiger partial charge in [-0.25, -0.2) is 9.13 Å². The Kier molecular flexibility index (Phi) is 5.61. The minimum absolute atomic E-state index is 0. The second-order valence-corrected chi connectivity index (χ2v) is 7.80. The number of halogens is 1. The van der Waals surface area contributed by atoms with Crippen LogP contribution in [0.2, 0.25) is 0 Å². The van der Waals surface area contributed by atoms with E-state index in [4.69, 9.17) is 0 Å². The maximum atomic E-state index is 2.31. The van der Waals surface area contributed by atoms with Crippen LogP contribution in [0.25, 0.3) is 21.5 Å². The van der Waals surface area contributed by atoms with Crippen molar-refractivity contribution in [3.63, 3.8) is 0 Å². The SMILES string of the molecule is C[C@@H](c1cccc2ccccc12)n1cc[n+]([C@@H](C)c2cccc3ccccc23)c1.[Cl-]. The molecule has 0 unspecified atom stereocenters. The molecule has 0 bridgehead atoms. The Balaban J connectivity index is 0.00000218. The van der Waals surface area contributed by atoms with Crippen molar-refractivity contribution in [1.82, 2.24) is 4.57 Å². The van der Waals surface area contributed by atoms with Crippen LogP contribution in [0, 0.1) is 0 Å². The highest BCUT2D eigenvalue weighted by Crippen LogP contribution is 2.27. The molecule has 0 saturated heterocycles. The van der Waals surface area contributed by atoms with Crippen molar-refractivity contribution in [3.8, 4) is 0 Å². The second-order valence-electron chi connectivity index (χ2n) is 7.80. The fourth-order valence-electron chi connectivity index (χ4n) is 4.39. The van der Waals surface area contributed by atoms with Crippen LogP contribution in [-0.4, -0.2) is 4.57 Å². The van der Waals surface area contributed by atoms with Gasteiger partial charge in [0.15, 0.2) is 0 Å². The van der Waals surface area contributed by atoms with Gasteiger partial charge in [-0.1, -0.05) is 84.9 Å². The number of fused-ring (bicyclic) bond motifs is 2. The Morgan fingerprint density at radius 3 is 1.87 bits per heavy atom. The molecule has 150 valence electrons. The molecule has 2 atom stereocenters. The standard InChI is InChI=1S/C27H25N2.ClH/c1-20(24-15-7-11-22-9-3-5-13-26(22)24)28-17-18-29(19-28)21(2)25-16-8-12-23-10-4-6-14-27(23)25;/h3-21H,1-2H3;1H/q+1;/p-1/t20-,21-;/m0./s1. The summed E-state index contributed by atoms with van der Waals surface area (Å²) in [6, 6.07) is 31.0. The predicted octanol–water partition coefficient (Wildman–Crippen LogP) is 3.30. The van der Waals surface area contributed by atoms with Crippen molar-refractivity contribution in [2.24, 2.45) is 0 Å². The van der Waals surface area contributed by atoms with Crippen LogP contribution >= 0.6 is 0 Å². The molecule has 0 spiro atoms. The van der Waals surface area contributed by atoms with Gasteiger partial charge in [0.05, 0.1) is 0 Å². The van der Waals surface area contributed by atoms with E-state index in [1.54, 1.807) is 0 Å². The maximum Gasteiger partial charge on any atom is 0.244 e. The van der Waals surface area contributed by atoms with E-state index in [2.05, 4.69) is 127 Å². The zero-order chi connectivity index (χ0) is 19.8. The zero-order valence-electron chi connectivity index (χ0n) is 17.2. The molecule has 0 aliphatic rings. The lowest BCUT2D eigenvalue weighted by molar-refractivity contribution is -0.709. The summed E-state index contributed by atoms with van der Waals surface area (Å²) in [6.07, 6.45) is 6.61. The molecule has 0 aliphatic heterocycles. The van der Waals surface area contributed by atoms with E-state index in [0.29, 0.717) is 0 Å². The molecule has 4 aromatic carbocycles. The molecule has 3 heteroatoms. The highest BCUT2D eigenvalue weighted by molar-refractivity contribution is 5.86. The molecule has 30 heavy (non-hydrogen) atoms. The lowest BCUT2D eigenvalue weighted by atomic mass is 9.99. The van der Waals surface area contributed by atoms with Crippen molar-refractivity contribution in [2.75, 3.05) is 0 Å². The van der Waals surface area contributed by atoms with Crippen molar-refractivity contribution >= 4 is 21.5 Å². The van der Waals surface area contributed by atoms with Gasteiger partial charge in [0, 0.05) is 11.1 Å². The molecule has 0 radical (unpaired) electrons. The molecular formula is C27H25ClN2. The van der Waals surface area contributed by atoms with Gasteiger partial charge in [-0.05, 0) is 35.4 Å². The maximum absolute atomic E-state index is 2.31. The Morgan fingerprint density at radius 2 is 1.20 bits per heavy atom. The summed E-state index contributed by atoms with van der Waals surface area (Å²) in [5.41, 5.74) is 2.70. The third kappa shape index (κ3) is 3.48. The number of aromatic nitrogens is 2. The van der Waals surface area contributed by atoms with E-state index in [1.165, 1.54) is 32.7 Å². The van der Waals surface area contributed by atoms with Gasteiger partial charge in [-0.15, -0.1) is 0 Å². The topological polar surface area (TPSA) is 8.81 Å². The van der Waals surface area contributed by atoms with Gasteiger partial charge in [0.25, 0.3) is 0 Å². The molecular weight excluding hydrogens is 388 g/mol. The number of benzene rings is 4. The Labute approximate surface area is 183 Å². The fourth-order valence-corrected chi connectivity index (χ4v) is 4.39. The fraction of sp³-hybridized carbons (Fsp3) is 0.148. The molecule has 0 fully saturated rings. The molecule has 0 N–H and O–H groups in total. The monoisotopic (exact) mass is 412 g/mol. The van der Waals surface area contributed by atoms with E-state index >= 15 is 0 Å². The number of rotatable bonds is 4. The second kappa shape index (κ2) is 8.33. The lowest BCUT2D eigenvalue weighted by Crippen LogP contribution is -3.00. The first kappa shape index (κ1) is 20.2. The van der Waals surface area contributed by atoms with Crippen LogP contribution in [0.1, 0.15) is 37.1 Å². The summed E-state index contributed by atoms with van der Waals surface area (Å²) in [4.78, 5) is 0. The smallest absolute Gasteiger partial charge is 0.244 e. The van der Waals surface area contributed by atoms with E-state index < -0.39 is 0 Å². The highest BCUT2D eigenvalue weighted by Gasteiger charge is 2.20. The highest BCUT2D eigenvalue weighted by atomic mass is 35.5. The molecule has 5 aromatic rings. The van der Waals surface area contributed by atoms with Crippen LogP contribution in [0.5, 0.6) is 0 Å². The first-order chi connectivity index (χ1) is 14.2. The van der Waals surface area contributed by atoms with E-state index in [-0.39, 0.29) is 24.5 Å². The molecule has 1 heterocycles. The van der Waals surface area contributed by atoms with Crippen LogP contribution in [0.4, 0.5) is 0 Å². The molecule has 5 rings (SSSR count). The molecule has 0 saturated carbocycles. The first-order valence-electron chi connectivity index (χ1n) is 10.3. The Bertz CT molecular complexity index is 1190. The summed E-state index contributed by atoms with van der Waals surface area (Å²) in [5, 5.41) is 5.23. The van der Waals surface area contributed by atoms with E-state index in [9.17, 15) is 0 Å². The van der Waals surface area contributed by atoms with Crippen molar-refractivity contribution in [3.05, 3.63) is 115 Å². The van der Waals surface area contributed by atoms with Crippen molar-refractivity contribution in [1.29, 1.82) is 0 Å². The van der Waals surface area contributed by atoms with Gasteiger partial charge in [-0.3, -0.25) is 0 Å². The Hall–Kier alpha value is -3.10. The summed E-state index contributed by atoms with van der Waals surface area (Å²) < 4.78 is 4.62. The predicted molar refractivity (Wildman–Crippen MR) is 120 cm³/mol. The van der Waals surface area contributed by atoms with Gasteiger partial charge < -0.3 is 12.4 Å². The van der Waals surface area contributed by atoms with Crippen molar-refractivity contribution in [2.45, 2.75) is 25.9 Å². The minimum Gasteiger partial charge on any atom is -1.00 e. The Morgan fingerprint density at radius 1 is 0.667 bits per heavy atom. The lowest BCUT2D eigenvalue weighted by Gasteiger charge is -2.13. The van der Waals surface area contributed by atoms with Crippen LogP contribution in [-0.2, 0) is 0 Å². The molecule has 2 nitrogen and oxygen atoms in total. The number of nitrogens with zero attached hydrogens (tertiary/aromatic N) is 2. The largest absolute Gasteiger partial charge is 1.00 e. The van der Waals surface area contributed by atoms with E-state index in [0.717, 1.165) is 0 Å². The molecule has 1 aromatic heterocycles. The summed E-state index contributed by atoms with van der Waals surface area (Å²) in [7, 11) is 0. The van der Waals surface area contributed by atoms with Gasteiger partial charge >= 0.3 is 0 Å². The van der Waals surface area contributed by atoms with Gasteiger partial charge in [-0.2, -0.15) is 0 Å². The van der Waals surface area contributed by atoms with Crippen LogP contribution < -0.4 is 17.0 Å². The van der Waals surface area contributed by atoms with Crippen LogP contribution in [0.3, 0.4) is 0 Å². The number of hydrogen-bond donors (Lipinski definition) is 0. The number of imidazole rings is 1. The number of hydrogen-bond acceptors (Lipinski definition) is 0. The average Bonchev–Trinajstić information content (AvgIpc) is 3.28. The molecule has 0 aliphatic carbocycles. The molecule has 0 amide bonds. The zero-order valence-corrected chi connectivity index (χ0v) is 18.0. The normalized spacial score (nSPS) is 13.1. The van der Waals surface area contributed by atoms with Gasteiger partial charge in [0.2, 0.25) is 6.33 Å². The summed E-state index contributed by atoms with van der Waals surface area (Å²) in [5.74, 6) is 0. The van der Waals surface area contributed by atoms with E-state index in [1.807, 2.05) is 0 Å². The first-order valence-corrected chi connectivity index (χ1v) is 10.3. The third-order valence-electron chi connectivity index (χ3n) is 6.12. The summed E-state index contributed by atoms with van der Waals surface area (Å²) >= 11 is 0. The summed E-state index contributed by atoms with van der Waals surface area (Å²) in [6.45, 7) is 4.55. The van der Waals surface area contributed by atoms with Crippen molar-refractivity contribution < 1.29 is 17.0 Å². The minimum atomic E-state index is 0. The third-order valence-corrected chi connectivity index (χ3v) is 6.12. The average molecular weight is 413 g/mol.